The van der Waals surface area contributed by atoms with Crippen molar-refractivity contribution in [1.82, 2.24) is 4.98 Å². The standard InChI is InChI=1S/C15H17NO/c1-2-5-14(17)9-8-13-11-16-10-12-6-3-4-7-15(12)13/h3-4,6-7,10-11H,2,5,8-9H2,1H3. The van der Waals surface area contributed by atoms with Crippen molar-refractivity contribution in [2.24, 2.45) is 0 Å². The van der Waals surface area contributed by atoms with Crippen molar-refractivity contribution in [3.05, 3.63) is 42.2 Å². The van der Waals surface area contributed by atoms with Crippen LogP contribution in [0.4, 0.5) is 0 Å². The van der Waals surface area contributed by atoms with Crippen molar-refractivity contribution in [3.63, 3.8) is 0 Å². The fraction of sp³-hybridized carbons (Fsp3) is 0.333. The molecule has 0 aliphatic heterocycles. The minimum Gasteiger partial charge on any atom is -0.300 e. The van der Waals surface area contributed by atoms with Gasteiger partial charge in [0.25, 0.3) is 0 Å². The summed E-state index contributed by atoms with van der Waals surface area (Å²) in [4.78, 5) is 15.8. The summed E-state index contributed by atoms with van der Waals surface area (Å²) in [6, 6.07) is 8.19. The van der Waals surface area contributed by atoms with Crippen molar-refractivity contribution in [2.75, 3.05) is 0 Å². The molecular formula is C15H17NO. The number of Topliss-reactive ketones (excluding diaryl/α,β-unsaturated/α-hetero) is 1. The first-order valence-corrected chi connectivity index (χ1v) is 6.14. The Morgan fingerprint density at radius 3 is 2.82 bits per heavy atom. The van der Waals surface area contributed by atoms with Crippen LogP contribution in [0.2, 0.25) is 0 Å². The van der Waals surface area contributed by atoms with Crippen molar-refractivity contribution >= 4 is 16.6 Å². The molecule has 2 aromatic rings. The van der Waals surface area contributed by atoms with Gasteiger partial charge in [0.2, 0.25) is 0 Å². The molecule has 1 aromatic heterocycles. The smallest absolute Gasteiger partial charge is 0.133 e. The number of fused-ring (bicyclic) bond motifs is 1. The van der Waals surface area contributed by atoms with Crippen LogP contribution < -0.4 is 0 Å². The topological polar surface area (TPSA) is 30.0 Å². The number of rotatable bonds is 5. The molecule has 0 N–H and O–H groups in total. The third-order valence-corrected chi connectivity index (χ3v) is 2.95. The average molecular weight is 227 g/mol. The van der Waals surface area contributed by atoms with Gasteiger partial charge in [-0.2, -0.15) is 0 Å². The van der Waals surface area contributed by atoms with E-state index >= 15 is 0 Å². The molecule has 2 rings (SSSR count). The molecule has 0 saturated carbocycles. The van der Waals surface area contributed by atoms with Gasteiger partial charge in [0.05, 0.1) is 0 Å². The monoisotopic (exact) mass is 227 g/mol. The molecule has 2 heteroatoms. The Hall–Kier alpha value is -1.70. The molecule has 0 atom stereocenters. The van der Waals surface area contributed by atoms with Crippen LogP contribution >= 0.6 is 0 Å². The van der Waals surface area contributed by atoms with Gasteiger partial charge in [-0.25, -0.2) is 0 Å². The molecular weight excluding hydrogens is 210 g/mol. The number of hydrogen-bond acceptors (Lipinski definition) is 2. The summed E-state index contributed by atoms with van der Waals surface area (Å²) in [6.07, 6.45) is 6.80. The van der Waals surface area contributed by atoms with E-state index in [0.29, 0.717) is 18.6 Å². The molecule has 0 saturated heterocycles. The fourth-order valence-corrected chi connectivity index (χ4v) is 2.06. The highest BCUT2D eigenvalue weighted by atomic mass is 16.1. The number of aromatic nitrogens is 1. The molecule has 0 fully saturated rings. The Bertz CT molecular complexity index is 514. The van der Waals surface area contributed by atoms with Crippen LogP contribution in [0.15, 0.2) is 36.7 Å². The number of aryl methyl sites for hydroxylation is 1. The maximum atomic E-state index is 11.5. The molecule has 17 heavy (non-hydrogen) atoms. The van der Waals surface area contributed by atoms with Crippen molar-refractivity contribution in [1.29, 1.82) is 0 Å². The zero-order valence-corrected chi connectivity index (χ0v) is 10.1. The largest absolute Gasteiger partial charge is 0.300 e. The highest BCUT2D eigenvalue weighted by Crippen LogP contribution is 2.18. The number of carbonyl (C=O) groups is 1. The second-order valence-electron chi connectivity index (χ2n) is 4.31. The van der Waals surface area contributed by atoms with Gasteiger partial charge in [-0.05, 0) is 23.8 Å². The zero-order chi connectivity index (χ0) is 12.1. The Morgan fingerprint density at radius 1 is 1.18 bits per heavy atom. The lowest BCUT2D eigenvalue weighted by molar-refractivity contribution is -0.119. The van der Waals surface area contributed by atoms with Gasteiger partial charge in [-0.15, -0.1) is 0 Å². The summed E-state index contributed by atoms with van der Waals surface area (Å²) in [5.74, 6) is 0.348. The SMILES string of the molecule is CCCC(=O)CCc1cncc2ccccc12. The predicted octanol–water partition coefficient (Wildman–Crippen LogP) is 3.54. The van der Waals surface area contributed by atoms with Crippen molar-refractivity contribution in [3.8, 4) is 0 Å². The van der Waals surface area contributed by atoms with E-state index in [9.17, 15) is 4.79 Å². The van der Waals surface area contributed by atoms with Crippen molar-refractivity contribution < 1.29 is 4.79 Å². The number of benzene rings is 1. The van der Waals surface area contributed by atoms with Crippen LogP contribution in [0, 0.1) is 0 Å². The van der Waals surface area contributed by atoms with Crippen LogP contribution in [0.3, 0.4) is 0 Å². The second-order valence-corrected chi connectivity index (χ2v) is 4.31. The predicted molar refractivity (Wildman–Crippen MR) is 70.0 cm³/mol. The molecule has 0 spiro atoms. The molecule has 2 nitrogen and oxygen atoms in total. The summed E-state index contributed by atoms with van der Waals surface area (Å²) in [5, 5.41) is 2.36. The van der Waals surface area contributed by atoms with E-state index in [2.05, 4.69) is 17.1 Å². The fourth-order valence-electron chi connectivity index (χ4n) is 2.06. The number of ketones is 1. The lowest BCUT2D eigenvalue weighted by Gasteiger charge is -2.05. The highest BCUT2D eigenvalue weighted by Gasteiger charge is 2.04. The van der Waals surface area contributed by atoms with Gasteiger partial charge in [0.1, 0.15) is 5.78 Å². The maximum absolute atomic E-state index is 11.5. The van der Waals surface area contributed by atoms with E-state index in [1.165, 1.54) is 10.9 Å². The minimum atomic E-state index is 0.348. The normalized spacial score (nSPS) is 10.6. The second kappa shape index (κ2) is 5.58. The molecule has 1 aromatic carbocycles. The van der Waals surface area contributed by atoms with E-state index < -0.39 is 0 Å². The number of hydrogen-bond donors (Lipinski definition) is 0. The van der Waals surface area contributed by atoms with Crippen molar-refractivity contribution in [2.45, 2.75) is 32.6 Å². The molecule has 0 radical (unpaired) electrons. The van der Waals surface area contributed by atoms with Gasteiger partial charge in [0.15, 0.2) is 0 Å². The van der Waals surface area contributed by atoms with Crippen LogP contribution in [0.25, 0.3) is 10.8 Å². The summed E-state index contributed by atoms with van der Waals surface area (Å²) in [6.45, 7) is 2.04. The van der Waals surface area contributed by atoms with Crippen LogP contribution in [-0.4, -0.2) is 10.8 Å². The Balaban J connectivity index is 2.16. The summed E-state index contributed by atoms with van der Waals surface area (Å²) in [7, 11) is 0. The third kappa shape index (κ3) is 2.90. The van der Waals surface area contributed by atoms with Gasteiger partial charge in [-0.3, -0.25) is 9.78 Å². The Labute approximate surface area is 102 Å². The van der Waals surface area contributed by atoms with Crippen LogP contribution in [0.1, 0.15) is 31.7 Å². The Kier molecular flexibility index (Phi) is 3.86. The molecule has 88 valence electrons. The molecule has 0 aliphatic carbocycles. The minimum absolute atomic E-state index is 0.348. The first kappa shape index (κ1) is 11.8. The summed E-state index contributed by atoms with van der Waals surface area (Å²) >= 11 is 0. The molecule has 0 aliphatic rings. The molecule has 1 heterocycles. The van der Waals surface area contributed by atoms with Crippen LogP contribution in [0.5, 0.6) is 0 Å². The average Bonchev–Trinajstić information content (AvgIpc) is 2.36. The van der Waals surface area contributed by atoms with E-state index in [0.717, 1.165) is 18.2 Å². The number of carbonyl (C=O) groups excluding carboxylic acids is 1. The van der Waals surface area contributed by atoms with E-state index in [-0.39, 0.29) is 0 Å². The van der Waals surface area contributed by atoms with Gasteiger partial charge in [0, 0.05) is 30.6 Å². The first-order chi connectivity index (χ1) is 8.31. The number of nitrogens with zero attached hydrogens (tertiary/aromatic N) is 1. The van der Waals surface area contributed by atoms with Gasteiger partial charge >= 0.3 is 0 Å². The highest BCUT2D eigenvalue weighted by molar-refractivity contribution is 5.85. The molecule has 0 unspecified atom stereocenters. The zero-order valence-electron chi connectivity index (χ0n) is 10.1. The molecule has 0 bridgehead atoms. The lowest BCUT2D eigenvalue weighted by atomic mass is 10.0. The molecule has 0 amide bonds. The lowest BCUT2D eigenvalue weighted by Crippen LogP contribution is -2.00. The van der Waals surface area contributed by atoms with Crippen LogP contribution in [-0.2, 0) is 11.2 Å². The summed E-state index contributed by atoms with van der Waals surface area (Å²) in [5.41, 5.74) is 1.17. The number of pyridine rings is 1. The van der Waals surface area contributed by atoms with Gasteiger partial charge < -0.3 is 0 Å². The summed E-state index contributed by atoms with van der Waals surface area (Å²) < 4.78 is 0. The van der Waals surface area contributed by atoms with E-state index in [4.69, 9.17) is 0 Å². The maximum Gasteiger partial charge on any atom is 0.133 e. The third-order valence-electron chi connectivity index (χ3n) is 2.95. The van der Waals surface area contributed by atoms with Gasteiger partial charge in [-0.1, -0.05) is 31.2 Å². The quantitative estimate of drug-likeness (QED) is 0.782. The van der Waals surface area contributed by atoms with E-state index in [1.54, 1.807) is 0 Å². The first-order valence-electron chi connectivity index (χ1n) is 6.14. The Morgan fingerprint density at radius 2 is 2.00 bits per heavy atom. The van der Waals surface area contributed by atoms with E-state index in [1.807, 2.05) is 31.5 Å².